The number of hydrogen-bond donors (Lipinski definition) is 2. The fourth-order valence-corrected chi connectivity index (χ4v) is 2.50. The molecule has 0 saturated carbocycles. The molecule has 0 aromatic heterocycles. The molecule has 1 aromatic rings. The summed E-state index contributed by atoms with van der Waals surface area (Å²) in [5, 5.41) is 9.24. The average Bonchev–Trinajstić information content (AvgIpc) is 2.66. The van der Waals surface area contributed by atoms with Crippen LogP contribution in [0.2, 0.25) is 5.02 Å². The summed E-state index contributed by atoms with van der Waals surface area (Å²) in [5.74, 6) is -0.948. The summed E-state index contributed by atoms with van der Waals surface area (Å²) in [7, 11) is 0. The molecule has 1 aromatic carbocycles. The first kappa shape index (κ1) is 15.6. The minimum atomic E-state index is -0.847. The molecule has 0 atom stereocenters. The highest BCUT2D eigenvalue weighted by molar-refractivity contribution is 6.33. The molecule has 6 nitrogen and oxygen atoms in total. The minimum Gasteiger partial charge on any atom is -0.480 e. The van der Waals surface area contributed by atoms with E-state index in [0.29, 0.717) is 42.5 Å². The first-order chi connectivity index (χ1) is 9.97. The molecule has 1 aliphatic heterocycles. The third-order valence-corrected chi connectivity index (χ3v) is 3.82. The summed E-state index contributed by atoms with van der Waals surface area (Å²) in [6.45, 7) is 2.36. The second-order valence-electron chi connectivity index (χ2n) is 5.05. The molecular formula is C14H18ClN3O3. The lowest BCUT2D eigenvalue weighted by Gasteiger charge is -2.21. The molecule has 1 saturated heterocycles. The van der Waals surface area contributed by atoms with E-state index in [1.165, 1.54) is 0 Å². The molecule has 0 unspecified atom stereocenters. The van der Waals surface area contributed by atoms with Crippen LogP contribution in [0.3, 0.4) is 0 Å². The number of nitrogens with two attached hydrogens (primary N) is 1. The topological polar surface area (TPSA) is 86.9 Å². The Morgan fingerprint density at radius 3 is 2.67 bits per heavy atom. The fraction of sp³-hybridized carbons (Fsp3) is 0.429. The first-order valence-corrected chi connectivity index (χ1v) is 7.13. The minimum absolute atomic E-state index is 0.00984. The van der Waals surface area contributed by atoms with Crippen molar-refractivity contribution in [2.75, 3.05) is 38.5 Å². The predicted molar refractivity (Wildman–Crippen MR) is 80.5 cm³/mol. The van der Waals surface area contributed by atoms with Crippen molar-refractivity contribution < 1.29 is 14.7 Å². The highest BCUT2D eigenvalue weighted by atomic mass is 35.5. The van der Waals surface area contributed by atoms with Crippen molar-refractivity contribution in [3.63, 3.8) is 0 Å². The van der Waals surface area contributed by atoms with Crippen LogP contribution in [0, 0.1) is 0 Å². The van der Waals surface area contributed by atoms with Crippen molar-refractivity contribution >= 4 is 29.2 Å². The van der Waals surface area contributed by atoms with Crippen LogP contribution in [0.4, 0.5) is 5.69 Å². The molecule has 1 fully saturated rings. The highest BCUT2D eigenvalue weighted by Gasteiger charge is 2.21. The maximum atomic E-state index is 12.4. The summed E-state index contributed by atoms with van der Waals surface area (Å²) in [6, 6.07) is 4.84. The lowest BCUT2D eigenvalue weighted by molar-refractivity contribution is -0.138. The number of anilines is 1. The van der Waals surface area contributed by atoms with Crippen LogP contribution >= 0.6 is 11.6 Å². The van der Waals surface area contributed by atoms with Crippen LogP contribution in [0.15, 0.2) is 18.2 Å². The van der Waals surface area contributed by atoms with Crippen molar-refractivity contribution in [1.29, 1.82) is 0 Å². The number of carbonyl (C=O) groups is 2. The van der Waals surface area contributed by atoms with Crippen LogP contribution in [-0.4, -0.2) is 59.5 Å². The smallest absolute Gasteiger partial charge is 0.317 e. The van der Waals surface area contributed by atoms with Crippen LogP contribution in [0.5, 0.6) is 0 Å². The molecule has 3 N–H and O–H groups in total. The molecule has 114 valence electrons. The Morgan fingerprint density at radius 1 is 1.24 bits per heavy atom. The largest absolute Gasteiger partial charge is 0.480 e. The number of rotatable bonds is 3. The number of carboxylic acid groups (broad SMARTS) is 1. The molecule has 7 heteroatoms. The van der Waals surface area contributed by atoms with Gasteiger partial charge in [-0.2, -0.15) is 0 Å². The van der Waals surface area contributed by atoms with E-state index in [1.807, 2.05) is 4.90 Å². The SMILES string of the molecule is Nc1cc(C(=O)N2CCCN(CC(=O)O)CC2)ccc1Cl. The third kappa shape index (κ3) is 4.09. The van der Waals surface area contributed by atoms with Gasteiger partial charge in [0.25, 0.3) is 5.91 Å². The summed E-state index contributed by atoms with van der Waals surface area (Å²) < 4.78 is 0. The van der Waals surface area contributed by atoms with E-state index in [-0.39, 0.29) is 12.5 Å². The number of nitrogens with zero attached hydrogens (tertiary/aromatic N) is 2. The molecule has 0 aliphatic carbocycles. The second kappa shape index (κ2) is 6.78. The van der Waals surface area contributed by atoms with Crippen molar-refractivity contribution in [3.05, 3.63) is 28.8 Å². The van der Waals surface area contributed by atoms with Gasteiger partial charge in [0, 0.05) is 31.7 Å². The van der Waals surface area contributed by atoms with Crippen molar-refractivity contribution in [1.82, 2.24) is 9.80 Å². The van der Waals surface area contributed by atoms with Gasteiger partial charge in [0.1, 0.15) is 0 Å². The van der Waals surface area contributed by atoms with Gasteiger partial charge in [-0.3, -0.25) is 14.5 Å². The second-order valence-corrected chi connectivity index (χ2v) is 5.46. The number of carboxylic acids is 1. The fourth-order valence-electron chi connectivity index (χ4n) is 2.38. The van der Waals surface area contributed by atoms with Gasteiger partial charge in [-0.15, -0.1) is 0 Å². The molecule has 0 bridgehead atoms. The van der Waals surface area contributed by atoms with Gasteiger partial charge < -0.3 is 15.7 Å². The predicted octanol–water partition coefficient (Wildman–Crippen LogP) is 1.15. The Kier molecular flexibility index (Phi) is 5.03. The van der Waals surface area contributed by atoms with E-state index in [0.717, 1.165) is 6.42 Å². The van der Waals surface area contributed by atoms with E-state index < -0.39 is 5.97 Å². The number of carbonyl (C=O) groups excluding carboxylic acids is 1. The molecular weight excluding hydrogens is 294 g/mol. The van der Waals surface area contributed by atoms with Crippen LogP contribution in [0.25, 0.3) is 0 Å². The zero-order valence-corrected chi connectivity index (χ0v) is 12.3. The summed E-state index contributed by atoms with van der Waals surface area (Å²) >= 11 is 5.85. The molecule has 21 heavy (non-hydrogen) atoms. The number of nitrogen functional groups attached to an aromatic ring is 1. The van der Waals surface area contributed by atoms with Gasteiger partial charge in [0.05, 0.1) is 17.3 Å². The van der Waals surface area contributed by atoms with Crippen LogP contribution < -0.4 is 5.73 Å². The maximum Gasteiger partial charge on any atom is 0.317 e. The molecule has 1 aliphatic rings. The van der Waals surface area contributed by atoms with Gasteiger partial charge >= 0.3 is 5.97 Å². The van der Waals surface area contributed by atoms with Crippen molar-refractivity contribution in [2.45, 2.75) is 6.42 Å². The monoisotopic (exact) mass is 311 g/mol. The number of amides is 1. The third-order valence-electron chi connectivity index (χ3n) is 3.48. The van der Waals surface area contributed by atoms with E-state index in [4.69, 9.17) is 22.4 Å². The quantitative estimate of drug-likeness (QED) is 0.818. The van der Waals surface area contributed by atoms with E-state index in [1.54, 1.807) is 23.1 Å². The summed E-state index contributed by atoms with van der Waals surface area (Å²) in [5.41, 5.74) is 6.60. The van der Waals surface area contributed by atoms with Crippen molar-refractivity contribution in [3.8, 4) is 0 Å². The van der Waals surface area contributed by atoms with Gasteiger partial charge in [0.2, 0.25) is 0 Å². The lowest BCUT2D eigenvalue weighted by Crippen LogP contribution is -2.36. The van der Waals surface area contributed by atoms with Gasteiger partial charge in [-0.1, -0.05) is 11.6 Å². The molecule has 1 heterocycles. The van der Waals surface area contributed by atoms with Crippen LogP contribution in [0.1, 0.15) is 16.8 Å². The van der Waals surface area contributed by atoms with E-state index in [9.17, 15) is 9.59 Å². The Bertz CT molecular complexity index is 550. The average molecular weight is 312 g/mol. The normalized spacial score (nSPS) is 16.5. The first-order valence-electron chi connectivity index (χ1n) is 6.76. The number of halogens is 1. The lowest BCUT2D eigenvalue weighted by atomic mass is 10.1. The number of hydrogen-bond acceptors (Lipinski definition) is 4. The Morgan fingerprint density at radius 2 is 2.00 bits per heavy atom. The van der Waals surface area contributed by atoms with E-state index in [2.05, 4.69) is 0 Å². The molecule has 1 amide bonds. The molecule has 0 radical (unpaired) electrons. The summed E-state index contributed by atoms with van der Waals surface area (Å²) in [4.78, 5) is 26.7. The van der Waals surface area contributed by atoms with Gasteiger partial charge in [0.15, 0.2) is 0 Å². The van der Waals surface area contributed by atoms with Gasteiger partial charge in [-0.05, 0) is 24.6 Å². The Hall–Kier alpha value is -1.79. The van der Waals surface area contributed by atoms with Crippen LogP contribution in [-0.2, 0) is 4.79 Å². The number of benzene rings is 1. The van der Waals surface area contributed by atoms with Crippen molar-refractivity contribution in [2.24, 2.45) is 0 Å². The number of aliphatic carboxylic acids is 1. The molecule has 2 rings (SSSR count). The standard InChI is InChI=1S/C14H18ClN3O3/c15-11-3-2-10(8-12(11)16)14(21)18-5-1-4-17(6-7-18)9-13(19)20/h2-3,8H,1,4-7,9,16H2,(H,19,20). The zero-order valence-electron chi connectivity index (χ0n) is 11.6. The Balaban J connectivity index is 2.02. The highest BCUT2D eigenvalue weighted by Crippen LogP contribution is 2.20. The maximum absolute atomic E-state index is 12.4. The summed E-state index contributed by atoms with van der Waals surface area (Å²) in [6.07, 6.45) is 0.752. The molecule has 0 spiro atoms. The van der Waals surface area contributed by atoms with E-state index >= 15 is 0 Å². The van der Waals surface area contributed by atoms with Gasteiger partial charge in [-0.25, -0.2) is 0 Å². The Labute approximate surface area is 128 Å². The zero-order chi connectivity index (χ0) is 15.4.